The summed E-state index contributed by atoms with van der Waals surface area (Å²) >= 11 is 0. The van der Waals surface area contributed by atoms with E-state index >= 15 is 0 Å². The van der Waals surface area contributed by atoms with Crippen molar-refractivity contribution in [3.05, 3.63) is 28.7 Å². The van der Waals surface area contributed by atoms with Crippen LogP contribution in [0.4, 0.5) is 0 Å². The van der Waals surface area contributed by atoms with E-state index in [1.54, 1.807) is 9.13 Å². The highest BCUT2D eigenvalue weighted by Crippen LogP contribution is 2.30. The van der Waals surface area contributed by atoms with E-state index in [0.29, 0.717) is 14.4 Å². The number of ether oxygens (including phenoxy) is 1. The van der Waals surface area contributed by atoms with Crippen LogP contribution in [0.1, 0.15) is 12.8 Å². The van der Waals surface area contributed by atoms with E-state index in [4.69, 9.17) is 4.74 Å². The number of nitrogens with zero attached hydrogens (tertiary/aromatic N) is 2. The molecule has 2 atom stereocenters. The molecule has 2 heterocycles. The molecule has 3 rings (SSSR count). The zero-order valence-corrected chi connectivity index (χ0v) is 11.6. The van der Waals surface area contributed by atoms with Crippen LogP contribution in [0, 0.1) is 0 Å². The summed E-state index contributed by atoms with van der Waals surface area (Å²) in [6, 6.07) is 6.14. The SMILES string of the molecule is Cn1c(=O)n(C)c2c(P[C@H]3CCCO3)cccc21. The fourth-order valence-corrected chi connectivity index (χ4v) is 4.08. The van der Waals surface area contributed by atoms with Gasteiger partial charge in [0.1, 0.15) is 0 Å². The first-order valence-corrected chi connectivity index (χ1v) is 7.29. The summed E-state index contributed by atoms with van der Waals surface area (Å²) in [7, 11) is 4.29. The summed E-state index contributed by atoms with van der Waals surface area (Å²) in [5, 5.41) is 1.24. The molecular weight excluding hydrogens is 247 g/mol. The monoisotopic (exact) mass is 264 g/mol. The third-order valence-corrected chi connectivity index (χ3v) is 5.02. The second kappa shape index (κ2) is 4.52. The number of hydrogen-bond donors (Lipinski definition) is 0. The van der Waals surface area contributed by atoms with Gasteiger partial charge in [-0.3, -0.25) is 9.13 Å². The maximum atomic E-state index is 12.0. The number of fused-ring (bicyclic) bond motifs is 1. The lowest BCUT2D eigenvalue weighted by molar-refractivity contribution is 0.172. The van der Waals surface area contributed by atoms with Crippen molar-refractivity contribution in [3.63, 3.8) is 0 Å². The van der Waals surface area contributed by atoms with E-state index in [9.17, 15) is 4.79 Å². The Kier molecular flexibility index (Phi) is 3.00. The first kappa shape index (κ1) is 11.9. The Morgan fingerprint density at radius 3 is 2.89 bits per heavy atom. The fourth-order valence-electron chi connectivity index (χ4n) is 2.56. The molecule has 0 spiro atoms. The predicted molar refractivity (Wildman–Crippen MR) is 75.1 cm³/mol. The van der Waals surface area contributed by atoms with Gasteiger partial charge in [0, 0.05) is 26.0 Å². The van der Waals surface area contributed by atoms with Crippen LogP contribution < -0.4 is 11.0 Å². The topological polar surface area (TPSA) is 36.2 Å². The highest BCUT2D eigenvalue weighted by molar-refractivity contribution is 7.48. The molecular formula is C13H17N2O2P. The standard InChI is InChI=1S/C13H17N2O2P/c1-14-9-5-3-6-10(12(9)15(2)13(14)16)18-11-7-4-8-17-11/h3,5-6,11,18H,4,7-8H2,1-2H3/t11-/m0/s1. The minimum atomic E-state index is 0.0367. The second-order valence-corrected chi connectivity index (χ2v) is 6.19. The molecule has 1 aromatic heterocycles. The number of hydrogen-bond acceptors (Lipinski definition) is 2. The third kappa shape index (κ3) is 1.80. The number of para-hydroxylation sites is 1. The molecule has 1 aliphatic rings. The van der Waals surface area contributed by atoms with Gasteiger partial charge in [0.2, 0.25) is 0 Å². The molecule has 1 saturated heterocycles. The van der Waals surface area contributed by atoms with E-state index in [1.807, 2.05) is 26.2 Å². The molecule has 96 valence electrons. The summed E-state index contributed by atoms with van der Waals surface area (Å²) < 4.78 is 9.15. The van der Waals surface area contributed by atoms with Gasteiger partial charge in [0.25, 0.3) is 0 Å². The number of benzene rings is 1. The number of aromatic nitrogens is 2. The molecule has 0 bridgehead atoms. The lowest BCUT2D eigenvalue weighted by Gasteiger charge is -2.11. The summed E-state index contributed by atoms with van der Waals surface area (Å²) in [6.07, 6.45) is 2.29. The first-order valence-electron chi connectivity index (χ1n) is 6.21. The van der Waals surface area contributed by atoms with Crippen molar-refractivity contribution in [1.29, 1.82) is 0 Å². The number of rotatable bonds is 2. The predicted octanol–water partition coefficient (Wildman–Crippen LogP) is 1.32. The Labute approximate surface area is 107 Å². The van der Waals surface area contributed by atoms with Crippen molar-refractivity contribution in [2.75, 3.05) is 6.61 Å². The molecule has 0 amide bonds. The first-order chi connectivity index (χ1) is 8.68. The zero-order chi connectivity index (χ0) is 12.7. The van der Waals surface area contributed by atoms with Crippen LogP contribution in [0.5, 0.6) is 0 Å². The van der Waals surface area contributed by atoms with E-state index in [-0.39, 0.29) is 5.69 Å². The van der Waals surface area contributed by atoms with E-state index in [2.05, 4.69) is 6.07 Å². The van der Waals surface area contributed by atoms with Crippen LogP contribution in [0.15, 0.2) is 23.0 Å². The van der Waals surface area contributed by atoms with E-state index < -0.39 is 0 Å². The fraction of sp³-hybridized carbons (Fsp3) is 0.462. The lowest BCUT2D eigenvalue weighted by atomic mass is 10.3. The molecule has 0 N–H and O–H groups in total. The Morgan fingerprint density at radius 2 is 2.17 bits per heavy atom. The van der Waals surface area contributed by atoms with Crippen LogP contribution in [0.25, 0.3) is 11.0 Å². The Bertz CT molecular complexity index is 638. The van der Waals surface area contributed by atoms with E-state index in [1.165, 1.54) is 5.30 Å². The highest BCUT2D eigenvalue weighted by Gasteiger charge is 2.19. The van der Waals surface area contributed by atoms with Gasteiger partial charge in [0.15, 0.2) is 0 Å². The quantitative estimate of drug-likeness (QED) is 0.767. The van der Waals surface area contributed by atoms with Gasteiger partial charge in [-0.25, -0.2) is 4.79 Å². The lowest BCUT2D eigenvalue weighted by Crippen LogP contribution is -2.20. The van der Waals surface area contributed by atoms with Crippen LogP contribution >= 0.6 is 8.58 Å². The maximum absolute atomic E-state index is 12.0. The van der Waals surface area contributed by atoms with E-state index in [0.717, 1.165) is 30.5 Å². The molecule has 0 saturated carbocycles. The highest BCUT2D eigenvalue weighted by atomic mass is 31.1. The molecule has 2 aromatic rings. The smallest absolute Gasteiger partial charge is 0.328 e. The summed E-state index contributed by atoms with van der Waals surface area (Å²) in [6.45, 7) is 0.876. The number of aryl methyl sites for hydroxylation is 2. The minimum absolute atomic E-state index is 0.0367. The molecule has 0 radical (unpaired) electrons. The molecule has 5 heteroatoms. The summed E-state index contributed by atoms with van der Waals surface area (Å²) in [4.78, 5) is 12.0. The van der Waals surface area contributed by atoms with Crippen LogP contribution in [-0.2, 0) is 18.8 Å². The van der Waals surface area contributed by atoms with Gasteiger partial charge in [0.05, 0.1) is 16.9 Å². The Balaban J connectivity index is 2.11. The molecule has 1 unspecified atom stereocenters. The minimum Gasteiger partial charge on any atom is -0.374 e. The average molecular weight is 264 g/mol. The molecule has 1 fully saturated rings. The van der Waals surface area contributed by atoms with Crippen LogP contribution in [0.3, 0.4) is 0 Å². The van der Waals surface area contributed by atoms with Gasteiger partial charge < -0.3 is 4.74 Å². The largest absolute Gasteiger partial charge is 0.374 e. The van der Waals surface area contributed by atoms with Gasteiger partial charge in [-0.1, -0.05) is 20.7 Å². The molecule has 0 aliphatic carbocycles. The normalized spacial score (nSPS) is 20.4. The van der Waals surface area contributed by atoms with Crippen molar-refractivity contribution < 1.29 is 4.74 Å². The molecule has 18 heavy (non-hydrogen) atoms. The molecule has 4 nitrogen and oxygen atoms in total. The van der Waals surface area contributed by atoms with Gasteiger partial charge >= 0.3 is 5.69 Å². The molecule has 1 aliphatic heterocycles. The number of imidazole rings is 1. The third-order valence-electron chi connectivity index (χ3n) is 3.53. The van der Waals surface area contributed by atoms with Gasteiger partial charge in [-0.15, -0.1) is 0 Å². The van der Waals surface area contributed by atoms with Gasteiger partial charge in [-0.2, -0.15) is 0 Å². The average Bonchev–Trinajstić information content (AvgIpc) is 2.95. The van der Waals surface area contributed by atoms with Crippen molar-refractivity contribution in [2.45, 2.75) is 18.7 Å². The van der Waals surface area contributed by atoms with Crippen molar-refractivity contribution in [1.82, 2.24) is 9.13 Å². The Morgan fingerprint density at radius 1 is 1.33 bits per heavy atom. The van der Waals surface area contributed by atoms with Crippen molar-refractivity contribution >= 4 is 24.9 Å². The Hall–Kier alpha value is -1.12. The maximum Gasteiger partial charge on any atom is 0.328 e. The van der Waals surface area contributed by atoms with Crippen LogP contribution in [0.2, 0.25) is 0 Å². The van der Waals surface area contributed by atoms with Crippen molar-refractivity contribution in [2.24, 2.45) is 14.1 Å². The van der Waals surface area contributed by atoms with Gasteiger partial charge in [-0.05, 0) is 18.9 Å². The summed E-state index contributed by atoms with van der Waals surface area (Å²) in [5.41, 5.74) is 2.10. The van der Waals surface area contributed by atoms with Crippen LogP contribution in [-0.4, -0.2) is 21.6 Å². The summed E-state index contributed by atoms with van der Waals surface area (Å²) in [5.74, 6) is 0.339. The second-order valence-electron chi connectivity index (χ2n) is 4.72. The zero-order valence-electron chi connectivity index (χ0n) is 10.6. The molecule has 1 aromatic carbocycles. The van der Waals surface area contributed by atoms with Crippen molar-refractivity contribution in [3.8, 4) is 0 Å².